The molecule has 0 spiro atoms. The first-order valence-electron chi connectivity index (χ1n) is 10.0. The number of rotatable bonds is 5. The Morgan fingerprint density at radius 1 is 1.00 bits per heavy atom. The number of hydrogen-bond donors (Lipinski definition) is 1. The topological polar surface area (TPSA) is 59.8 Å². The van der Waals surface area contributed by atoms with E-state index >= 15 is 0 Å². The Hall–Kier alpha value is -3.47. The van der Waals surface area contributed by atoms with Crippen LogP contribution in [-0.2, 0) is 25.9 Å². The fourth-order valence-corrected chi connectivity index (χ4v) is 4.08. The normalized spacial score (nSPS) is 12.8. The van der Waals surface area contributed by atoms with Gasteiger partial charge < -0.3 is 5.32 Å². The maximum atomic E-state index is 13.1. The molecule has 1 amide bonds. The van der Waals surface area contributed by atoms with Crippen molar-refractivity contribution in [2.45, 2.75) is 32.4 Å². The summed E-state index contributed by atoms with van der Waals surface area (Å²) in [5.74, 6) is -0.0117. The average molecular weight is 382 g/mol. The zero-order valence-electron chi connectivity index (χ0n) is 16.1. The van der Waals surface area contributed by atoms with Crippen LogP contribution in [0.2, 0.25) is 0 Å². The molecule has 2 aromatic heterocycles. The highest BCUT2D eigenvalue weighted by Crippen LogP contribution is 2.29. The molecule has 0 saturated heterocycles. The first kappa shape index (κ1) is 17.6. The molecule has 5 nitrogen and oxygen atoms in total. The summed E-state index contributed by atoms with van der Waals surface area (Å²) >= 11 is 0. The lowest BCUT2D eigenvalue weighted by molar-refractivity contribution is 0.0951. The molecule has 2 aromatic carbocycles. The molecule has 4 aromatic rings. The molecule has 2 heterocycles. The van der Waals surface area contributed by atoms with Gasteiger partial charge in [-0.2, -0.15) is 5.10 Å². The van der Waals surface area contributed by atoms with E-state index in [9.17, 15) is 4.79 Å². The van der Waals surface area contributed by atoms with E-state index in [1.807, 2.05) is 41.2 Å². The van der Waals surface area contributed by atoms with Gasteiger partial charge in [0.1, 0.15) is 0 Å². The monoisotopic (exact) mass is 382 g/mol. The number of pyridine rings is 1. The van der Waals surface area contributed by atoms with Crippen molar-refractivity contribution in [3.05, 3.63) is 94.9 Å². The summed E-state index contributed by atoms with van der Waals surface area (Å²) < 4.78 is 1.89. The maximum absolute atomic E-state index is 13.1. The van der Waals surface area contributed by atoms with E-state index < -0.39 is 0 Å². The van der Waals surface area contributed by atoms with Crippen molar-refractivity contribution in [2.24, 2.45) is 0 Å². The third-order valence-electron chi connectivity index (χ3n) is 5.53. The SMILES string of the molecule is O=C(NCc1ccc(Cn2cccn2)cc1)c1c2c(nc3ccccc13)CCC2. The van der Waals surface area contributed by atoms with Crippen molar-refractivity contribution < 1.29 is 4.79 Å². The summed E-state index contributed by atoms with van der Waals surface area (Å²) in [5, 5.41) is 8.30. The van der Waals surface area contributed by atoms with E-state index in [2.05, 4.69) is 34.7 Å². The molecule has 5 rings (SSSR count). The van der Waals surface area contributed by atoms with Gasteiger partial charge >= 0.3 is 0 Å². The number of carbonyl (C=O) groups is 1. The zero-order valence-corrected chi connectivity index (χ0v) is 16.1. The lowest BCUT2D eigenvalue weighted by Gasteiger charge is -2.13. The predicted octanol–water partition coefficient (Wildman–Crippen LogP) is 3.90. The summed E-state index contributed by atoms with van der Waals surface area (Å²) in [4.78, 5) is 17.9. The van der Waals surface area contributed by atoms with E-state index in [0.29, 0.717) is 6.54 Å². The fourth-order valence-electron chi connectivity index (χ4n) is 4.08. The average Bonchev–Trinajstić information content (AvgIpc) is 3.43. The lowest BCUT2D eigenvalue weighted by Crippen LogP contribution is -2.24. The Labute approximate surface area is 169 Å². The number of fused-ring (bicyclic) bond motifs is 2. The summed E-state index contributed by atoms with van der Waals surface area (Å²) in [7, 11) is 0. The van der Waals surface area contributed by atoms with Crippen molar-refractivity contribution in [3.63, 3.8) is 0 Å². The van der Waals surface area contributed by atoms with E-state index in [4.69, 9.17) is 4.98 Å². The Morgan fingerprint density at radius 3 is 2.66 bits per heavy atom. The molecule has 5 heteroatoms. The number of benzene rings is 2. The Kier molecular flexibility index (Phi) is 4.56. The first-order chi connectivity index (χ1) is 14.3. The highest BCUT2D eigenvalue weighted by Gasteiger charge is 2.23. The molecule has 0 fully saturated rings. The Morgan fingerprint density at radius 2 is 1.83 bits per heavy atom. The molecule has 1 aliphatic carbocycles. The van der Waals surface area contributed by atoms with Crippen molar-refractivity contribution in [1.29, 1.82) is 0 Å². The molecule has 0 bridgehead atoms. The highest BCUT2D eigenvalue weighted by molar-refractivity contribution is 6.07. The summed E-state index contributed by atoms with van der Waals surface area (Å²) in [6.45, 7) is 1.25. The van der Waals surface area contributed by atoms with Gasteiger partial charge in [0.25, 0.3) is 5.91 Å². The van der Waals surface area contributed by atoms with E-state index in [-0.39, 0.29) is 5.91 Å². The van der Waals surface area contributed by atoms with Crippen LogP contribution in [0, 0.1) is 0 Å². The fraction of sp³-hybridized carbons (Fsp3) is 0.208. The predicted molar refractivity (Wildman–Crippen MR) is 113 cm³/mol. The van der Waals surface area contributed by atoms with Crippen molar-refractivity contribution in [2.75, 3.05) is 0 Å². The smallest absolute Gasteiger partial charge is 0.252 e. The van der Waals surface area contributed by atoms with Crippen LogP contribution in [0.15, 0.2) is 67.0 Å². The number of aromatic nitrogens is 3. The number of nitrogens with one attached hydrogen (secondary N) is 1. The molecule has 1 aliphatic rings. The third kappa shape index (κ3) is 3.51. The molecule has 0 saturated carbocycles. The number of hydrogen-bond acceptors (Lipinski definition) is 3. The van der Waals surface area contributed by atoms with Crippen molar-refractivity contribution in [3.8, 4) is 0 Å². The van der Waals surface area contributed by atoms with Crippen LogP contribution < -0.4 is 5.32 Å². The number of aryl methyl sites for hydroxylation is 1. The van der Waals surface area contributed by atoms with Crippen LogP contribution in [0.4, 0.5) is 0 Å². The molecule has 144 valence electrons. The summed E-state index contributed by atoms with van der Waals surface area (Å²) in [6, 6.07) is 18.2. The van der Waals surface area contributed by atoms with Crippen molar-refractivity contribution in [1.82, 2.24) is 20.1 Å². The Bertz CT molecular complexity index is 1160. The van der Waals surface area contributed by atoms with Gasteiger partial charge in [0.05, 0.1) is 17.6 Å². The van der Waals surface area contributed by atoms with Gasteiger partial charge in [-0.15, -0.1) is 0 Å². The largest absolute Gasteiger partial charge is 0.348 e. The first-order valence-corrected chi connectivity index (χ1v) is 10.0. The van der Waals surface area contributed by atoms with Crippen LogP contribution in [0.1, 0.15) is 39.2 Å². The van der Waals surface area contributed by atoms with E-state index in [1.165, 1.54) is 5.56 Å². The molecule has 0 radical (unpaired) electrons. The van der Waals surface area contributed by atoms with Gasteiger partial charge in [-0.25, -0.2) is 0 Å². The van der Waals surface area contributed by atoms with Gasteiger partial charge in [0, 0.05) is 30.0 Å². The van der Waals surface area contributed by atoms with Crippen LogP contribution in [0.5, 0.6) is 0 Å². The van der Waals surface area contributed by atoms with Crippen LogP contribution >= 0.6 is 0 Å². The maximum Gasteiger partial charge on any atom is 0.252 e. The molecular weight excluding hydrogens is 360 g/mol. The summed E-state index contributed by atoms with van der Waals surface area (Å²) in [6.07, 6.45) is 6.68. The number of carbonyl (C=O) groups excluding carboxylic acids is 1. The molecule has 1 N–H and O–H groups in total. The van der Waals surface area contributed by atoms with Crippen LogP contribution in [0.3, 0.4) is 0 Å². The quantitative estimate of drug-likeness (QED) is 0.569. The van der Waals surface area contributed by atoms with Gasteiger partial charge in [-0.05, 0) is 48.1 Å². The second kappa shape index (κ2) is 7.51. The number of nitrogens with zero attached hydrogens (tertiary/aromatic N) is 3. The van der Waals surface area contributed by atoms with Crippen LogP contribution in [0.25, 0.3) is 10.9 Å². The second-order valence-corrected chi connectivity index (χ2v) is 7.49. The van der Waals surface area contributed by atoms with Gasteiger partial charge in [0.15, 0.2) is 0 Å². The molecule has 0 unspecified atom stereocenters. The minimum Gasteiger partial charge on any atom is -0.348 e. The standard InChI is InChI=1S/C24H22N4O/c29-24(23-19-5-1-2-7-21(19)27-22-8-3-6-20(22)23)25-15-17-9-11-18(12-10-17)16-28-14-4-13-26-28/h1-2,4-5,7,9-14H,3,6,8,15-16H2,(H,25,29). The molecule has 0 aliphatic heterocycles. The van der Waals surface area contributed by atoms with Gasteiger partial charge in [0.2, 0.25) is 0 Å². The molecule has 0 atom stereocenters. The van der Waals surface area contributed by atoms with Crippen molar-refractivity contribution >= 4 is 16.8 Å². The number of amides is 1. The number of para-hydroxylation sites is 1. The van der Waals surface area contributed by atoms with Gasteiger partial charge in [-0.3, -0.25) is 14.5 Å². The minimum atomic E-state index is -0.0117. The zero-order chi connectivity index (χ0) is 19.6. The molecular formula is C24H22N4O. The Balaban J connectivity index is 1.34. The highest BCUT2D eigenvalue weighted by atomic mass is 16.1. The lowest BCUT2D eigenvalue weighted by atomic mass is 10.0. The van der Waals surface area contributed by atoms with E-state index in [0.717, 1.165) is 59.1 Å². The van der Waals surface area contributed by atoms with E-state index in [1.54, 1.807) is 6.20 Å². The minimum absolute atomic E-state index is 0.0117. The van der Waals surface area contributed by atoms with Gasteiger partial charge in [-0.1, -0.05) is 42.5 Å². The summed E-state index contributed by atoms with van der Waals surface area (Å²) in [5.41, 5.74) is 6.17. The van der Waals surface area contributed by atoms with Crippen LogP contribution in [-0.4, -0.2) is 20.7 Å². The third-order valence-corrected chi connectivity index (χ3v) is 5.53. The molecule has 29 heavy (non-hydrogen) atoms. The second-order valence-electron chi connectivity index (χ2n) is 7.49.